The molecule has 0 amide bonds. The Kier molecular flexibility index (Phi) is 8.89. The molecule has 1 atom stereocenters. The van der Waals surface area contributed by atoms with E-state index < -0.39 is 16.4 Å². The van der Waals surface area contributed by atoms with Crippen LogP contribution in [0.5, 0.6) is 0 Å². The third-order valence-corrected chi connectivity index (χ3v) is 2.91. The van der Waals surface area contributed by atoms with Crippen molar-refractivity contribution in [2.24, 2.45) is 0 Å². The molecule has 4 nitrogen and oxygen atoms in total. The molecule has 0 rings (SSSR count). The van der Waals surface area contributed by atoms with Gasteiger partial charge in [-0.15, -0.1) is 0 Å². The standard InChI is InChI=1S/C11H24O4S/c1-3-4-5-6-7-8-9-10-11(12)15-16(2,13)14/h11-12H,3-10H2,1-2H3. The van der Waals surface area contributed by atoms with Gasteiger partial charge in [0.15, 0.2) is 6.29 Å². The van der Waals surface area contributed by atoms with Gasteiger partial charge in [-0.3, -0.25) is 0 Å². The number of aliphatic hydroxyl groups excluding tert-OH is 1. The minimum atomic E-state index is -3.53. The zero-order chi connectivity index (χ0) is 12.4. The highest BCUT2D eigenvalue weighted by atomic mass is 32.2. The van der Waals surface area contributed by atoms with Crippen molar-refractivity contribution in [1.82, 2.24) is 0 Å². The lowest BCUT2D eigenvalue weighted by Crippen LogP contribution is -2.16. The van der Waals surface area contributed by atoms with E-state index in [1.807, 2.05) is 0 Å². The van der Waals surface area contributed by atoms with Crippen LogP contribution in [0.4, 0.5) is 0 Å². The molecule has 1 N–H and O–H groups in total. The Balaban J connectivity index is 3.31. The Morgan fingerprint density at radius 2 is 1.56 bits per heavy atom. The van der Waals surface area contributed by atoms with E-state index in [0.29, 0.717) is 6.42 Å². The van der Waals surface area contributed by atoms with E-state index in [4.69, 9.17) is 0 Å². The molecule has 5 heteroatoms. The number of rotatable bonds is 10. The summed E-state index contributed by atoms with van der Waals surface area (Å²) in [6.45, 7) is 2.18. The predicted molar refractivity (Wildman–Crippen MR) is 64.5 cm³/mol. The van der Waals surface area contributed by atoms with Crippen molar-refractivity contribution in [3.8, 4) is 0 Å². The van der Waals surface area contributed by atoms with Crippen LogP contribution < -0.4 is 0 Å². The molecule has 0 saturated carbocycles. The first-order valence-electron chi connectivity index (χ1n) is 6.02. The average Bonchev–Trinajstić information content (AvgIpc) is 2.13. The van der Waals surface area contributed by atoms with Gasteiger partial charge in [0.2, 0.25) is 0 Å². The summed E-state index contributed by atoms with van der Waals surface area (Å²) in [6, 6.07) is 0. The van der Waals surface area contributed by atoms with E-state index in [2.05, 4.69) is 11.1 Å². The summed E-state index contributed by atoms with van der Waals surface area (Å²) in [6.07, 6.45) is 8.13. The molecule has 0 bridgehead atoms. The van der Waals surface area contributed by atoms with Gasteiger partial charge in [-0.2, -0.15) is 8.42 Å². The minimum absolute atomic E-state index is 0.390. The highest BCUT2D eigenvalue weighted by Gasteiger charge is 2.10. The van der Waals surface area contributed by atoms with Gasteiger partial charge in [0.05, 0.1) is 6.26 Å². The molecule has 0 aliphatic carbocycles. The molecule has 0 aromatic rings. The maximum atomic E-state index is 10.7. The van der Waals surface area contributed by atoms with Crippen molar-refractivity contribution < 1.29 is 17.7 Å². The molecule has 0 spiro atoms. The van der Waals surface area contributed by atoms with Crippen LogP contribution >= 0.6 is 0 Å². The summed E-state index contributed by atoms with van der Waals surface area (Å²) >= 11 is 0. The van der Waals surface area contributed by atoms with Crippen LogP contribution in [-0.2, 0) is 14.3 Å². The zero-order valence-electron chi connectivity index (χ0n) is 10.3. The van der Waals surface area contributed by atoms with Crippen molar-refractivity contribution in [3.05, 3.63) is 0 Å². The quantitative estimate of drug-likeness (QED) is 0.368. The topological polar surface area (TPSA) is 63.6 Å². The smallest absolute Gasteiger partial charge is 0.266 e. The number of hydrogen-bond acceptors (Lipinski definition) is 4. The molecule has 0 fully saturated rings. The van der Waals surface area contributed by atoms with Crippen molar-refractivity contribution in [2.45, 2.75) is 64.6 Å². The van der Waals surface area contributed by atoms with E-state index in [1.54, 1.807) is 0 Å². The Labute approximate surface area is 99.1 Å². The summed E-state index contributed by atoms with van der Waals surface area (Å²) in [5.74, 6) is 0. The number of unbranched alkanes of at least 4 members (excludes halogenated alkanes) is 6. The summed E-state index contributed by atoms with van der Waals surface area (Å²) in [5, 5.41) is 9.22. The molecule has 98 valence electrons. The summed E-state index contributed by atoms with van der Waals surface area (Å²) < 4.78 is 25.7. The first-order valence-corrected chi connectivity index (χ1v) is 7.83. The second-order valence-electron chi connectivity index (χ2n) is 4.16. The van der Waals surface area contributed by atoms with Crippen LogP contribution in [0.15, 0.2) is 0 Å². The van der Waals surface area contributed by atoms with Crippen LogP contribution in [-0.4, -0.2) is 26.1 Å². The molecule has 0 aromatic heterocycles. The van der Waals surface area contributed by atoms with Crippen molar-refractivity contribution in [2.75, 3.05) is 6.26 Å². The van der Waals surface area contributed by atoms with Crippen LogP contribution in [0.25, 0.3) is 0 Å². The number of hydrogen-bond donors (Lipinski definition) is 1. The van der Waals surface area contributed by atoms with Crippen LogP contribution in [0.3, 0.4) is 0 Å². The molecule has 0 aromatic carbocycles. The fourth-order valence-corrected chi connectivity index (χ4v) is 2.03. The third-order valence-electron chi connectivity index (χ3n) is 2.34. The number of aliphatic hydroxyl groups is 1. The molecule has 0 heterocycles. The predicted octanol–water partition coefficient (Wildman–Crippen LogP) is 2.42. The van der Waals surface area contributed by atoms with Crippen molar-refractivity contribution >= 4 is 10.1 Å². The van der Waals surface area contributed by atoms with E-state index >= 15 is 0 Å². The molecule has 16 heavy (non-hydrogen) atoms. The molecule has 1 unspecified atom stereocenters. The maximum Gasteiger partial charge on any atom is 0.266 e. The van der Waals surface area contributed by atoms with Gasteiger partial charge < -0.3 is 5.11 Å². The molecular formula is C11H24O4S. The second kappa shape index (κ2) is 8.96. The van der Waals surface area contributed by atoms with Crippen molar-refractivity contribution in [3.63, 3.8) is 0 Å². The average molecular weight is 252 g/mol. The second-order valence-corrected chi connectivity index (χ2v) is 5.77. The monoisotopic (exact) mass is 252 g/mol. The molecule has 0 radical (unpaired) electrons. The highest BCUT2D eigenvalue weighted by molar-refractivity contribution is 7.86. The van der Waals surface area contributed by atoms with Gasteiger partial charge in [0, 0.05) is 0 Å². The first-order chi connectivity index (χ1) is 7.45. The zero-order valence-corrected chi connectivity index (χ0v) is 11.1. The van der Waals surface area contributed by atoms with Crippen LogP contribution in [0.1, 0.15) is 58.3 Å². The van der Waals surface area contributed by atoms with Crippen LogP contribution in [0, 0.1) is 0 Å². The van der Waals surface area contributed by atoms with Crippen LogP contribution in [0.2, 0.25) is 0 Å². The van der Waals surface area contributed by atoms with Gasteiger partial charge in [0.1, 0.15) is 0 Å². The maximum absolute atomic E-state index is 10.7. The summed E-state index contributed by atoms with van der Waals surface area (Å²) in [7, 11) is -3.53. The van der Waals surface area contributed by atoms with E-state index in [9.17, 15) is 13.5 Å². The lowest BCUT2D eigenvalue weighted by Gasteiger charge is -2.09. The fourth-order valence-electron chi connectivity index (χ4n) is 1.53. The Hall–Kier alpha value is -0.130. The molecule has 0 aliphatic heterocycles. The fraction of sp³-hybridized carbons (Fsp3) is 1.00. The van der Waals surface area contributed by atoms with E-state index in [-0.39, 0.29) is 0 Å². The third kappa shape index (κ3) is 11.9. The Morgan fingerprint density at radius 1 is 1.06 bits per heavy atom. The summed E-state index contributed by atoms with van der Waals surface area (Å²) in [4.78, 5) is 0. The van der Waals surface area contributed by atoms with Crippen molar-refractivity contribution in [1.29, 1.82) is 0 Å². The largest absolute Gasteiger partial charge is 0.367 e. The lowest BCUT2D eigenvalue weighted by atomic mass is 10.1. The lowest BCUT2D eigenvalue weighted by molar-refractivity contribution is -0.0186. The Morgan fingerprint density at radius 3 is 2.06 bits per heavy atom. The first kappa shape index (κ1) is 15.9. The highest BCUT2D eigenvalue weighted by Crippen LogP contribution is 2.10. The van der Waals surface area contributed by atoms with E-state index in [1.165, 1.54) is 25.7 Å². The van der Waals surface area contributed by atoms with Gasteiger partial charge in [0.25, 0.3) is 10.1 Å². The van der Waals surface area contributed by atoms with Gasteiger partial charge in [-0.05, 0) is 12.8 Å². The SMILES string of the molecule is CCCCCCCCCC(O)OS(C)(=O)=O. The van der Waals surface area contributed by atoms with Gasteiger partial charge >= 0.3 is 0 Å². The van der Waals surface area contributed by atoms with Gasteiger partial charge in [-0.1, -0.05) is 45.4 Å². The molecule has 0 saturated heterocycles. The summed E-state index contributed by atoms with van der Waals surface area (Å²) in [5.41, 5.74) is 0. The molecular weight excluding hydrogens is 228 g/mol. The molecule has 0 aliphatic rings. The van der Waals surface area contributed by atoms with E-state index in [0.717, 1.165) is 25.5 Å². The minimum Gasteiger partial charge on any atom is -0.367 e. The van der Waals surface area contributed by atoms with Gasteiger partial charge in [-0.25, -0.2) is 4.18 Å². The normalized spacial score (nSPS) is 13.9. The Bertz CT molecular complexity index is 249.